The number of hydrogen-bond donors (Lipinski definition) is 1. The van der Waals surface area contributed by atoms with Crippen molar-refractivity contribution >= 4 is 29.3 Å². The van der Waals surface area contributed by atoms with Gasteiger partial charge in [0.15, 0.2) is 5.16 Å². The van der Waals surface area contributed by atoms with Gasteiger partial charge in [0.2, 0.25) is 5.91 Å². The van der Waals surface area contributed by atoms with Crippen molar-refractivity contribution in [2.75, 3.05) is 17.7 Å². The third-order valence-corrected chi connectivity index (χ3v) is 4.96. The van der Waals surface area contributed by atoms with Gasteiger partial charge in [-0.3, -0.25) is 4.79 Å². The summed E-state index contributed by atoms with van der Waals surface area (Å²) < 4.78 is 19.9. The van der Waals surface area contributed by atoms with Gasteiger partial charge in [-0.1, -0.05) is 23.9 Å². The van der Waals surface area contributed by atoms with Crippen LogP contribution in [0.4, 0.5) is 10.1 Å². The second-order valence-corrected chi connectivity index (χ2v) is 7.04. The number of thioether (sulfide) groups is 1. The van der Waals surface area contributed by atoms with E-state index < -0.39 is 5.97 Å². The number of nitrogens with one attached hydrogen (secondary N) is 1. The van der Waals surface area contributed by atoms with Gasteiger partial charge in [0.25, 0.3) is 0 Å². The number of anilines is 1. The lowest BCUT2D eigenvalue weighted by Crippen LogP contribution is -2.15. The average Bonchev–Trinajstić information content (AvgIpc) is 3.16. The van der Waals surface area contributed by atoms with Gasteiger partial charge in [0, 0.05) is 24.6 Å². The Hall–Kier alpha value is -3.13. The van der Waals surface area contributed by atoms with Crippen molar-refractivity contribution in [3.8, 4) is 0 Å². The van der Waals surface area contributed by atoms with Gasteiger partial charge in [0.1, 0.15) is 5.82 Å². The molecular weight excluding hydrogens is 393 g/mol. The van der Waals surface area contributed by atoms with Crippen LogP contribution >= 0.6 is 11.8 Å². The molecule has 0 saturated heterocycles. The summed E-state index contributed by atoms with van der Waals surface area (Å²) in [7, 11) is 0. The number of imidazole rings is 1. The summed E-state index contributed by atoms with van der Waals surface area (Å²) in [5.74, 6) is -0.676. The van der Waals surface area contributed by atoms with Crippen LogP contribution in [-0.4, -0.2) is 33.8 Å². The average molecular weight is 413 g/mol. The Bertz CT molecular complexity index is 972. The molecule has 29 heavy (non-hydrogen) atoms. The molecule has 0 radical (unpaired) electrons. The van der Waals surface area contributed by atoms with Crippen LogP contribution in [0.1, 0.15) is 22.8 Å². The zero-order valence-corrected chi connectivity index (χ0v) is 16.6. The number of esters is 1. The summed E-state index contributed by atoms with van der Waals surface area (Å²) in [5.41, 5.74) is 1.97. The molecule has 0 fully saturated rings. The Morgan fingerprint density at radius 1 is 1.14 bits per heavy atom. The van der Waals surface area contributed by atoms with E-state index in [0.29, 0.717) is 29.6 Å². The minimum absolute atomic E-state index is 0.181. The third kappa shape index (κ3) is 5.92. The molecule has 0 aliphatic heterocycles. The lowest BCUT2D eigenvalue weighted by Gasteiger charge is -2.09. The molecule has 1 heterocycles. The molecular formula is C21H20FN3O3S. The van der Waals surface area contributed by atoms with Crippen LogP contribution in [0.5, 0.6) is 0 Å². The minimum Gasteiger partial charge on any atom is -0.462 e. The quantitative estimate of drug-likeness (QED) is 0.447. The van der Waals surface area contributed by atoms with Crippen LogP contribution in [0.15, 0.2) is 66.1 Å². The Balaban J connectivity index is 1.53. The highest BCUT2D eigenvalue weighted by atomic mass is 32.2. The predicted molar refractivity (Wildman–Crippen MR) is 109 cm³/mol. The highest BCUT2D eigenvalue weighted by Crippen LogP contribution is 2.18. The molecule has 0 bridgehead atoms. The topological polar surface area (TPSA) is 73.2 Å². The SMILES string of the molecule is CCOC(=O)c1ccc(NC(=O)CSc2nccn2Cc2ccc(F)cc2)cc1. The second-order valence-electron chi connectivity index (χ2n) is 6.10. The van der Waals surface area contributed by atoms with Gasteiger partial charge in [0.05, 0.1) is 17.9 Å². The maximum Gasteiger partial charge on any atom is 0.338 e. The second kappa shape index (κ2) is 9.88. The fourth-order valence-corrected chi connectivity index (χ4v) is 3.33. The van der Waals surface area contributed by atoms with Crippen LogP contribution in [0.2, 0.25) is 0 Å². The van der Waals surface area contributed by atoms with E-state index in [9.17, 15) is 14.0 Å². The standard InChI is InChI=1S/C21H20FN3O3S/c1-2-28-20(27)16-5-9-18(10-6-16)24-19(26)14-29-21-23-11-12-25(21)13-15-3-7-17(22)8-4-15/h3-12H,2,13-14H2,1H3,(H,24,26). The van der Waals surface area contributed by atoms with E-state index in [2.05, 4.69) is 10.3 Å². The van der Waals surface area contributed by atoms with Crippen LogP contribution in [0.3, 0.4) is 0 Å². The number of nitrogens with zero attached hydrogens (tertiary/aromatic N) is 2. The predicted octanol–water partition coefficient (Wildman–Crippen LogP) is 3.98. The number of carbonyl (C=O) groups excluding carboxylic acids is 2. The van der Waals surface area contributed by atoms with Gasteiger partial charge in [-0.05, 0) is 48.9 Å². The Labute approximate surface area is 172 Å². The maximum absolute atomic E-state index is 13.0. The summed E-state index contributed by atoms with van der Waals surface area (Å²) in [6.45, 7) is 2.60. The van der Waals surface area contributed by atoms with E-state index in [0.717, 1.165) is 5.56 Å². The Morgan fingerprint density at radius 3 is 2.55 bits per heavy atom. The summed E-state index contributed by atoms with van der Waals surface area (Å²) in [5, 5.41) is 3.48. The fraction of sp³-hybridized carbons (Fsp3) is 0.190. The Morgan fingerprint density at radius 2 is 1.86 bits per heavy atom. The molecule has 1 aromatic heterocycles. The molecule has 0 unspecified atom stereocenters. The molecule has 3 aromatic rings. The number of rotatable bonds is 8. The lowest BCUT2D eigenvalue weighted by molar-refractivity contribution is -0.113. The van der Waals surface area contributed by atoms with E-state index in [-0.39, 0.29) is 17.5 Å². The van der Waals surface area contributed by atoms with E-state index >= 15 is 0 Å². The van der Waals surface area contributed by atoms with Crippen molar-refractivity contribution in [3.63, 3.8) is 0 Å². The number of hydrogen-bond acceptors (Lipinski definition) is 5. The number of carbonyl (C=O) groups is 2. The summed E-state index contributed by atoms with van der Waals surface area (Å²) >= 11 is 1.31. The first kappa shape index (κ1) is 20.6. The first-order chi connectivity index (χ1) is 14.0. The van der Waals surface area contributed by atoms with Crippen LogP contribution in [0.25, 0.3) is 0 Å². The van der Waals surface area contributed by atoms with E-state index in [4.69, 9.17) is 4.74 Å². The molecule has 0 aliphatic rings. The normalized spacial score (nSPS) is 10.6. The molecule has 0 aliphatic carbocycles. The van der Waals surface area contributed by atoms with Crippen LogP contribution in [0, 0.1) is 5.82 Å². The van der Waals surface area contributed by atoms with Crippen molar-refractivity contribution in [1.29, 1.82) is 0 Å². The maximum atomic E-state index is 13.0. The highest BCUT2D eigenvalue weighted by molar-refractivity contribution is 7.99. The van der Waals surface area contributed by atoms with Gasteiger partial charge in [-0.2, -0.15) is 0 Å². The van der Waals surface area contributed by atoms with E-state index in [1.807, 2.05) is 10.8 Å². The van der Waals surface area contributed by atoms with Gasteiger partial charge in [-0.25, -0.2) is 14.2 Å². The van der Waals surface area contributed by atoms with Crippen molar-refractivity contribution in [2.24, 2.45) is 0 Å². The number of ether oxygens (including phenoxy) is 1. The van der Waals surface area contributed by atoms with Crippen LogP contribution in [-0.2, 0) is 16.1 Å². The largest absolute Gasteiger partial charge is 0.462 e. The molecule has 6 nitrogen and oxygen atoms in total. The Kier molecular flexibility index (Phi) is 7.02. The van der Waals surface area contributed by atoms with Crippen molar-refractivity contribution in [2.45, 2.75) is 18.6 Å². The highest BCUT2D eigenvalue weighted by Gasteiger charge is 2.10. The zero-order chi connectivity index (χ0) is 20.6. The number of amides is 1. The smallest absolute Gasteiger partial charge is 0.338 e. The van der Waals surface area contributed by atoms with Gasteiger partial charge >= 0.3 is 5.97 Å². The molecule has 0 atom stereocenters. The molecule has 150 valence electrons. The molecule has 3 rings (SSSR count). The first-order valence-corrected chi connectivity index (χ1v) is 9.99. The molecule has 1 amide bonds. The van der Waals surface area contributed by atoms with Crippen molar-refractivity contribution in [3.05, 3.63) is 77.9 Å². The molecule has 0 spiro atoms. The number of benzene rings is 2. The zero-order valence-electron chi connectivity index (χ0n) is 15.8. The van der Waals surface area contributed by atoms with Crippen LogP contribution < -0.4 is 5.32 Å². The minimum atomic E-state index is -0.395. The molecule has 2 aromatic carbocycles. The summed E-state index contributed by atoms with van der Waals surface area (Å²) in [6.07, 6.45) is 3.48. The molecule has 8 heteroatoms. The van der Waals surface area contributed by atoms with Gasteiger partial charge in [-0.15, -0.1) is 0 Å². The fourth-order valence-electron chi connectivity index (χ4n) is 2.57. The molecule has 0 saturated carbocycles. The summed E-state index contributed by atoms with van der Waals surface area (Å²) in [4.78, 5) is 28.2. The lowest BCUT2D eigenvalue weighted by atomic mass is 10.2. The first-order valence-electron chi connectivity index (χ1n) is 9.00. The number of halogens is 1. The van der Waals surface area contributed by atoms with Crippen molar-refractivity contribution < 1.29 is 18.7 Å². The van der Waals surface area contributed by atoms with Gasteiger partial charge < -0.3 is 14.6 Å². The third-order valence-electron chi connectivity index (χ3n) is 3.96. The molecule has 1 N–H and O–H groups in total. The van der Waals surface area contributed by atoms with Crippen molar-refractivity contribution in [1.82, 2.24) is 9.55 Å². The summed E-state index contributed by atoms with van der Waals surface area (Å²) in [6, 6.07) is 12.8. The van der Waals surface area contributed by atoms with E-state index in [1.165, 1.54) is 23.9 Å². The van der Waals surface area contributed by atoms with E-state index in [1.54, 1.807) is 49.5 Å². The number of aromatic nitrogens is 2. The monoisotopic (exact) mass is 413 g/mol.